The minimum Gasteiger partial charge on any atom is -0.493 e. The summed E-state index contributed by atoms with van der Waals surface area (Å²) in [5.74, 6) is 0.110. The molecule has 0 amide bonds. The van der Waals surface area contributed by atoms with Crippen LogP contribution in [0.15, 0.2) is 57.6 Å². The van der Waals surface area contributed by atoms with Gasteiger partial charge in [-0.1, -0.05) is 17.7 Å². The number of nitrogens with zero attached hydrogens (tertiary/aromatic N) is 2. The van der Waals surface area contributed by atoms with Crippen LogP contribution >= 0.6 is 0 Å². The summed E-state index contributed by atoms with van der Waals surface area (Å²) in [4.78, 5) is 0.0542. The first-order valence-corrected chi connectivity index (χ1v) is 8.54. The molecule has 0 saturated heterocycles. The molecule has 0 atom stereocenters. The topological polar surface area (TPSA) is 129 Å². The van der Waals surface area contributed by atoms with Crippen molar-refractivity contribution >= 4 is 22.3 Å². The van der Waals surface area contributed by atoms with Crippen molar-refractivity contribution in [1.82, 2.24) is 0 Å². The lowest BCUT2D eigenvalue weighted by Gasteiger charge is -2.11. The van der Waals surface area contributed by atoms with Crippen LogP contribution in [0, 0.1) is 6.92 Å². The van der Waals surface area contributed by atoms with Gasteiger partial charge in [0.05, 0.1) is 13.3 Å². The van der Waals surface area contributed by atoms with Crippen LogP contribution in [0.1, 0.15) is 11.1 Å². The lowest BCUT2D eigenvalue weighted by molar-refractivity contribution is 0.390. The van der Waals surface area contributed by atoms with Gasteiger partial charge in [0.1, 0.15) is 4.90 Å². The van der Waals surface area contributed by atoms with Gasteiger partial charge in [0.25, 0.3) is 0 Å². The van der Waals surface area contributed by atoms with E-state index in [9.17, 15) is 8.42 Å². The predicted molar refractivity (Wildman–Crippen MR) is 95.4 cm³/mol. The lowest BCUT2D eigenvalue weighted by Crippen LogP contribution is -2.21. The Morgan fingerprint density at radius 3 is 2.36 bits per heavy atom. The SMILES string of the molecule is COc1cc(/C=N\N=C(N)N)ccc1OS(=O)(=O)c1ccc(C)cc1. The van der Waals surface area contributed by atoms with Gasteiger partial charge in [0, 0.05) is 0 Å². The third-order valence-electron chi connectivity index (χ3n) is 3.08. The van der Waals surface area contributed by atoms with Crippen molar-refractivity contribution in [3.8, 4) is 11.5 Å². The van der Waals surface area contributed by atoms with E-state index in [2.05, 4.69) is 10.2 Å². The van der Waals surface area contributed by atoms with Crippen LogP contribution < -0.4 is 20.4 Å². The van der Waals surface area contributed by atoms with E-state index in [1.165, 1.54) is 31.5 Å². The molecule has 2 rings (SSSR count). The molecule has 0 aromatic heterocycles. The second-order valence-electron chi connectivity index (χ2n) is 5.03. The monoisotopic (exact) mass is 362 g/mol. The Hall–Kier alpha value is -3.07. The summed E-state index contributed by atoms with van der Waals surface area (Å²) in [6, 6.07) is 10.9. The minimum absolute atomic E-state index is 0.0542. The maximum absolute atomic E-state index is 12.4. The first-order valence-electron chi connectivity index (χ1n) is 7.13. The predicted octanol–water partition coefficient (Wildman–Crippen LogP) is 1.38. The summed E-state index contributed by atoms with van der Waals surface area (Å²) in [6.07, 6.45) is 1.39. The summed E-state index contributed by atoms with van der Waals surface area (Å²) in [7, 11) is -2.57. The molecule has 132 valence electrons. The number of hydrogen-bond donors (Lipinski definition) is 2. The molecule has 2 aromatic rings. The Morgan fingerprint density at radius 2 is 1.76 bits per heavy atom. The van der Waals surface area contributed by atoms with Crippen LogP contribution in [0.4, 0.5) is 0 Å². The molecule has 8 nitrogen and oxygen atoms in total. The third kappa shape index (κ3) is 4.95. The van der Waals surface area contributed by atoms with Gasteiger partial charge in [0.2, 0.25) is 5.96 Å². The molecule has 2 aromatic carbocycles. The van der Waals surface area contributed by atoms with Gasteiger partial charge >= 0.3 is 10.1 Å². The first kappa shape index (κ1) is 18.3. The van der Waals surface area contributed by atoms with Crippen LogP contribution in [0.5, 0.6) is 11.5 Å². The molecule has 0 aliphatic rings. The summed E-state index contributed by atoms with van der Waals surface area (Å²) >= 11 is 0. The number of benzene rings is 2. The molecular weight excluding hydrogens is 344 g/mol. The molecule has 9 heteroatoms. The number of nitrogens with two attached hydrogens (primary N) is 2. The second kappa shape index (κ2) is 7.67. The van der Waals surface area contributed by atoms with Crippen molar-refractivity contribution in [2.75, 3.05) is 7.11 Å². The van der Waals surface area contributed by atoms with Crippen LogP contribution in [0.25, 0.3) is 0 Å². The highest BCUT2D eigenvalue weighted by atomic mass is 32.2. The molecular formula is C16H18N4O4S. The highest BCUT2D eigenvalue weighted by Crippen LogP contribution is 2.30. The average Bonchev–Trinajstić information content (AvgIpc) is 2.56. The Balaban J connectivity index is 2.28. The molecule has 0 aliphatic heterocycles. The molecule has 0 fully saturated rings. The maximum Gasteiger partial charge on any atom is 0.339 e. The largest absolute Gasteiger partial charge is 0.493 e. The zero-order chi connectivity index (χ0) is 18.4. The summed E-state index contributed by atoms with van der Waals surface area (Å²) in [6.45, 7) is 1.86. The fourth-order valence-electron chi connectivity index (χ4n) is 1.87. The number of guanidine groups is 1. The van der Waals surface area contributed by atoms with Gasteiger partial charge in [0.15, 0.2) is 11.5 Å². The van der Waals surface area contributed by atoms with E-state index in [0.717, 1.165) is 5.56 Å². The fourth-order valence-corrected chi connectivity index (χ4v) is 2.81. The van der Waals surface area contributed by atoms with E-state index in [1.807, 2.05) is 6.92 Å². The highest BCUT2D eigenvalue weighted by Gasteiger charge is 2.19. The maximum atomic E-state index is 12.4. The van der Waals surface area contributed by atoms with E-state index >= 15 is 0 Å². The molecule has 0 aliphatic carbocycles. The Labute approximate surface area is 145 Å². The van der Waals surface area contributed by atoms with Gasteiger partial charge in [-0.05, 0) is 42.8 Å². The van der Waals surface area contributed by atoms with Crippen LogP contribution in [-0.4, -0.2) is 27.7 Å². The summed E-state index contributed by atoms with van der Waals surface area (Å²) in [5, 5.41) is 7.15. The van der Waals surface area contributed by atoms with Gasteiger partial charge in [-0.15, -0.1) is 5.10 Å². The highest BCUT2D eigenvalue weighted by molar-refractivity contribution is 7.87. The molecule has 0 radical (unpaired) electrons. The smallest absolute Gasteiger partial charge is 0.339 e. The number of rotatable bonds is 6. The van der Waals surface area contributed by atoms with Crippen molar-refractivity contribution in [1.29, 1.82) is 0 Å². The van der Waals surface area contributed by atoms with Crippen molar-refractivity contribution in [2.24, 2.45) is 21.7 Å². The summed E-state index contributed by atoms with van der Waals surface area (Å²) < 4.78 is 35.1. The van der Waals surface area contributed by atoms with E-state index in [0.29, 0.717) is 5.56 Å². The number of methoxy groups -OCH3 is 1. The van der Waals surface area contributed by atoms with Gasteiger partial charge < -0.3 is 20.4 Å². The molecule has 4 N–H and O–H groups in total. The Kier molecular flexibility index (Phi) is 5.60. The Morgan fingerprint density at radius 1 is 1.08 bits per heavy atom. The fraction of sp³-hybridized carbons (Fsp3) is 0.125. The molecule has 0 spiro atoms. The van der Waals surface area contributed by atoms with Crippen LogP contribution in [0.3, 0.4) is 0 Å². The normalized spacial score (nSPS) is 11.3. The molecule has 0 unspecified atom stereocenters. The zero-order valence-electron chi connectivity index (χ0n) is 13.7. The number of hydrogen-bond acceptors (Lipinski definition) is 6. The average molecular weight is 362 g/mol. The van der Waals surface area contributed by atoms with Crippen LogP contribution in [0.2, 0.25) is 0 Å². The molecule has 25 heavy (non-hydrogen) atoms. The first-order chi connectivity index (χ1) is 11.8. The van der Waals surface area contributed by atoms with Gasteiger partial charge in [-0.2, -0.15) is 13.5 Å². The minimum atomic E-state index is -3.97. The number of aryl methyl sites for hydroxylation is 1. The third-order valence-corrected chi connectivity index (χ3v) is 4.33. The van der Waals surface area contributed by atoms with Gasteiger partial charge in [-0.25, -0.2) is 0 Å². The standard InChI is InChI=1S/C16H18N4O4S/c1-11-3-6-13(7-4-11)25(21,22)24-14-8-5-12(9-15(14)23-2)10-19-20-16(17)18/h3-10H,1-2H3,(H4,17,18,20)/b19-10-. The second-order valence-corrected chi connectivity index (χ2v) is 6.58. The van der Waals surface area contributed by atoms with E-state index < -0.39 is 10.1 Å². The van der Waals surface area contributed by atoms with E-state index in [-0.39, 0.29) is 22.4 Å². The molecule has 0 heterocycles. The van der Waals surface area contributed by atoms with Crippen LogP contribution in [-0.2, 0) is 10.1 Å². The van der Waals surface area contributed by atoms with E-state index in [4.69, 9.17) is 20.4 Å². The molecule has 0 saturated carbocycles. The van der Waals surface area contributed by atoms with Crippen molar-refractivity contribution < 1.29 is 17.3 Å². The van der Waals surface area contributed by atoms with Crippen molar-refractivity contribution in [2.45, 2.75) is 11.8 Å². The van der Waals surface area contributed by atoms with Crippen molar-refractivity contribution in [3.05, 3.63) is 53.6 Å². The zero-order valence-corrected chi connectivity index (χ0v) is 14.5. The van der Waals surface area contributed by atoms with E-state index in [1.54, 1.807) is 24.3 Å². The van der Waals surface area contributed by atoms with Crippen molar-refractivity contribution in [3.63, 3.8) is 0 Å². The summed E-state index contributed by atoms with van der Waals surface area (Å²) in [5.41, 5.74) is 11.9. The van der Waals surface area contributed by atoms with Gasteiger partial charge in [-0.3, -0.25) is 0 Å². The lowest BCUT2D eigenvalue weighted by atomic mass is 10.2. The molecule has 0 bridgehead atoms. The quantitative estimate of drug-likeness (QED) is 0.346. The number of ether oxygens (including phenoxy) is 1. The Bertz CT molecular complexity index is 902.